The highest BCUT2D eigenvalue weighted by molar-refractivity contribution is 6.02. The molecule has 1 spiro atoms. The van der Waals surface area contributed by atoms with Gasteiger partial charge in [-0.2, -0.15) is 0 Å². The molecule has 1 aromatic rings. The van der Waals surface area contributed by atoms with E-state index in [0.29, 0.717) is 24.1 Å². The lowest BCUT2D eigenvalue weighted by molar-refractivity contribution is -0.858. The fraction of sp³-hybridized carbons (Fsp3) is 0.645. The number of fused-ring (bicyclic) bond motifs is 1. The molecule has 1 aliphatic carbocycles. The summed E-state index contributed by atoms with van der Waals surface area (Å²) in [4.78, 5) is 44.8. The van der Waals surface area contributed by atoms with Gasteiger partial charge in [0.25, 0.3) is 0 Å². The summed E-state index contributed by atoms with van der Waals surface area (Å²) >= 11 is 0. The first-order valence-electron chi connectivity index (χ1n) is 14.7. The van der Waals surface area contributed by atoms with E-state index in [4.69, 9.17) is 4.74 Å². The van der Waals surface area contributed by atoms with Gasteiger partial charge in [0.15, 0.2) is 0 Å². The molecule has 1 saturated carbocycles. The van der Waals surface area contributed by atoms with E-state index in [1.54, 1.807) is 4.90 Å². The number of carbonyl (C=O) groups is 3. The van der Waals surface area contributed by atoms with Gasteiger partial charge in [0.1, 0.15) is 11.6 Å². The van der Waals surface area contributed by atoms with Crippen molar-refractivity contribution in [1.29, 1.82) is 0 Å². The second kappa shape index (κ2) is 10.7. The van der Waals surface area contributed by atoms with Crippen molar-refractivity contribution < 1.29 is 24.0 Å². The molecular weight excluding hydrogens is 492 g/mol. The zero-order chi connectivity index (χ0) is 28.1. The van der Waals surface area contributed by atoms with Crippen molar-refractivity contribution >= 4 is 23.4 Å². The van der Waals surface area contributed by atoms with Crippen molar-refractivity contribution in [3.8, 4) is 0 Å². The molecule has 5 rings (SSSR count). The molecule has 0 aromatic heterocycles. The van der Waals surface area contributed by atoms with Crippen molar-refractivity contribution in [2.75, 3.05) is 32.5 Å². The third-order valence-electron chi connectivity index (χ3n) is 9.52. The van der Waals surface area contributed by atoms with Gasteiger partial charge in [-0.3, -0.25) is 14.4 Å². The highest BCUT2D eigenvalue weighted by Gasteiger charge is 2.72. The van der Waals surface area contributed by atoms with E-state index in [1.807, 2.05) is 38.1 Å². The SMILES string of the molecule is Cc1cc(C)cc(NC(=O)C2C3C=C[C@]4(O3)C2C(=O)N(CCC[NH+](C)C)C4C(=O)NC2CCCC(C)C2C)c1. The third kappa shape index (κ3) is 5.02. The van der Waals surface area contributed by atoms with Gasteiger partial charge in [-0.05, 0) is 55.4 Å². The Bertz CT molecular complexity index is 1140. The van der Waals surface area contributed by atoms with Gasteiger partial charge >= 0.3 is 0 Å². The Balaban J connectivity index is 1.43. The van der Waals surface area contributed by atoms with Crippen molar-refractivity contribution in [3.63, 3.8) is 0 Å². The highest BCUT2D eigenvalue weighted by atomic mass is 16.5. The number of rotatable bonds is 8. The van der Waals surface area contributed by atoms with Crippen LogP contribution in [0, 0.1) is 37.5 Å². The van der Waals surface area contributed by atoms with Crippen LogP contribution in [0.15, 0.2) is 30.4 Å². The van der Waals surface area contributed by atoms with E-state index < -0.39 is 29.6 Å². The van der Waals surface area contributed by atoms with Gasteiger partial charge in [0.05, 0.1) is 38.6 Å². The first kappa shape index (κ1) is 27.8. The fourth-order valence-corrected chi connectivity index (χ4v) is 7.43. The molecule has 8 nitrogen and oxygen atoms in total. The topological polar surface area (TPSA) is 92.2 Å². The first-order chi connectivity index (χ1) is 18.5. The van der Waals surface area contributed by atoms with Crippen LogP contribution in [0.2, 0.25) is 0 Å². The number of benzene rings is 1. The van der Waals surface area contributed by atoms with Crippen molar-refractivity contribution in [2.24, 2.45) is 23.7 Å². The Kier molecular flexibility index (Phi) is 7.63. The number of nitrogens with zero attached hydrogens (tertiary/aromatic N) is 1. The molecule has 3 heterocycles. The van der Waals surface area contributed by atoms with Gasteiger partial charge in [0, 0.05) is 24.7 Å². The number of likely N-dealkylation sites (tertiary alicyclic amines) is 1. The normalized spacial score (nSPS) is 35.0. The minimum Gasteiger partial charge on any atom is -0.359 e. The van der Waals surface area contributed by atoms with E-state index in [9.17, 15) is 14.4 Å². The smallest absolute Gasteiger partial charge is 0.246 e. The van der Waals surface area contributed by atoms with E-state index in [-0.39, 0.29) is 23.8 Å². The lowest BCUT2D eigenvalue weighted by atomic mass is 9.73. The predicted octanol–water partition coefficient (Wildman–Crippen LogP) is 1.87. The summed E-state index contributed by atoms with van der Waals surface area (Å²) in [5, 5.41) is 6.37. The maximum Gasteiger partial charge on any atom is 0.246 e. The number of hydrogen-bond acceptors (Lipinski definition) is 4. The number of quaternary nitrogens is 1. The number of aryl methyl sites for hydroxylation is 2. The molecule has 3 aliphatic heterocycles. The standard InChI is InChI=1S/C31H44N4O4/c1-18-15-19(2)17-22(16-18)32-28(36)25-24-11-12-31(39-24)26(25)30(38)35(14-8-13-34(5)6)27(31)29(37)33-23-10-7-9-20(3)21(23)4/h11-12,15-17,20-21,23-27H,7-10,13-14H2,1-6H3,(H,32,36)(H,33,37)/p+1/t20?,21?,23?,24?,25?,26?,27?,31-/m0/s1. The number of anilines is 1. The van der Waals surface area contributed by atoms with Crippen LogP contribution < -0.4 is 15.5 Å². The van der Waals surface area contributed by atoms with E-state index in [1.165, 1.54) is 11.3 Å². The average molecular weight is 538 g/mol. The van der Waals surface area contributed by atoms with Gasteiger partial charge in [-0.25, -0.2) is 0 Å². The van der Waals surface area contributed by atoms with E-state index in [2.05, 4.69) is 44.6 Å². The monoisotopic (exact) mass is 537 g/mol. The predicted molar refractivity (Wildman–Crippen MR) is 150 cm³/mol. The Morgan fingerprint density at radius 3 is 2.51 bits per heavy atom. The molecule has 3 amide bonds. The highest BCUT2D eigenvalue weighted by Crippen LogP contribution is 2.55. The summed E-state index contributed by atoms with van der Waals surface area (Å²) in [5.74, 6) is -1.04. The minimum absolute atomic E-state index is 0.0751. The van der Waals surface area contributed by atoms with Gasteiger partial charge in [-0.15, -0.1) is 0 Å². The minimum atomic E-state index is -1.12. The van der Waals surface area contributed by atoms with Gasteiger partial charge < -0.3 is 25.2 Å². The van der Waals surface area contributed by atoms with Crippen LogP contribution in [0.4, 0.5) is 5.69 Å². The van der Waals surface area contributed by atoms with E-state index >= 15 is 0 Å². The molecule has 8 heteroatoms. The number of ether oxygens (including phenoxy) is 1. The average Bonchev–Trinajstić information content (AvgIpc) is 3.49. The van der Waals surface area contributed by atoms with Crippen LogP contribution in [0.5, 0.6) is 0 Å². The van der Waals surface area contributed by atoms with Crippen LogP contribution >= 0.6 is 0 Å². The van der Waals surface area contributed by atoms with Crippen LogP contribution in [0.25, 0.3) is 0 Å². The molecular formula is C31H45N4O4+. The summed E-state index contributed by atoms with van der Waals surface area (Å²) in [6.45, 7) is 9.78. The summed E-state index contributed by atoms with van der Waals surface area (Å²) in [7, 11) is 4.16. The maximum absolute atomic E-state index is 14.1. The van der Waals surface area contributed by atoms with Crippen molar-refractivity contribution in [2.45, 2.75) is 77.2 Å². The Morgan fingerprint density at radius 2 is 1.82 bits per heavy atom. The molecule has 3 fully saturated rings. The maximum atomic E-state index is 14.1. The summed E-state index contributed by atoms with van der Waals surface area (Å²) < 4.78 is 6.50. The van der Waals surface area contributed by atoms with Crippen molar-refractivity contribution in [3.05, 3.63) is 41.5 Å². The molecule has 1 aromatic carbocycles. The second-order valence-electron chi connectivity index (χ2n) is 12.8. The van der Waals surface area contributed by atoms with Gasteiger partial charge in [-0.1, -0.05) is 44.9 Å². The fourth-order valence-electron chi connectivity index (χ4n) is 7.43. The second-order valence-corrected chi connectivity index (χ2v) is 12.8. The number of nitrogens with one attached hydrogen (secondary N) is 3. The Hall–Kier alpha value is -2.71. The lowest BCUT2D eigenvalue weighted by Crippen LogP contribution is -3.05. The third-order valence-corrected chi connectivity index (χ3v) is 9.52. The molecule has 39 heavy (non-hydrogen) atoms. The summed E-state index contributed by atoms with van der Waals surface area (Å²) in [6.07, 6.45) is 7.22. The van der Waals surface area contributed by atoms with Crippen molar-refractivity contribution in [1.82, 2.24) is 10.2 Å². The van der Waals surface area contributed by atoms with Gasteiger partial charge in [0.2, 0.25) is 17.7 Å². The Labute approximate surface area is 232 Å². The zero-order valence-corrected chi connectivity index (χ0v) is 24.3. The lowest BCUT2D eigenvalue weighted by Gasteiger charge is -2.38. The molecule has 3 N–H and O–H groups in total. The van der Waals surface area contributed by atoms with Crippen LogP contribution in [0.1, 0.15) is 50.7 Å². The molecule has 4 aliphatic rings. The quantitative estimate of drug-likeness (QED) is 0.442. The van der Waals surface area contributed by atoms with Crippen LogP contribution in [-0.4, -0.2) is 73.6 Å². The zero-order valence-electron chi connectivity index (χ0n) is 24.3. The summed E-state index contributed by atoms with van der Waals surface area (Å²) in [6, 6.07) is 5.21. The first-order valence-corrected chi connectivity index (χ1v) is 14.7. The number of carbonyl (C=O) groups excluding carboxylic acids is 3. The molecule has 0 radical (unpaired) electrons. The molecule has 2 bridgehead atoms. The Morgan fingerprint density at radius 1 is 1.10 bits per heavy atom. The number of hydrogen-bond donors (Lipinski definition) is 3. The molecule has 212 valence electrons. The largest absolute Gasteiger partial charge is 0.359 e. The van der Waals surface area contributed by atoms with Crippen LogP contribution in [-0.2, 0) is 19.1 Å². The molecule has 8 atom stereocenters. The number of amides is 3. The molecule has 2 saturated heterocycles. The van der Waals surface area contributed by atoms with E-state index in [0.717, 1.165) is 36.9 Å². The summed E-state index contributed by atoms with van der Waals surface area (Å²) in [5.41, 5.74) is 1.70. The molecule has 7 unspecified atom stereocenters. The van der Waals surface area contributed by atoms with Crippen LogP contribution in [0.3, 0.4) is 0 Å².